The summed E-state index contributed by atoms with van der Waals surface area (Å²) in [5.41, 5.74) is 8.54. The Labute approximate surface area is 107 Å². The second kappa shape index (κ2) is 6.67. The van der Waals surface area contributed by atoms with Crippen LogP contribution in [-0.4, -0.2) is 17.7 Å². The van der Waals surface area contributed by atoms with Gasteiger partial charge in [-0.05, 0) is 29.4 Å². The lowest BCUT2D eigenvalue weighted by Crippen LogP contribution is -2.22. The molecule has 0 unspecified atom stereocenters. The molecule has 0 saturated carbocycles. The monoisotopic (exact) mass is 252 g/mol. The van der Waals surface area contributed by atoms with Crippen LogP contribution in [0.4, 0.5) is 5.69 Å². The number of nitrogens with one attached hydrogen (secondary N) is 1. The lowest BCUT2D eigenvalue weighted by molar-refractivity contribution is -0.114. The van der Waals surface area contributed by atoms with Gasteiger partial charge in [-0.3, -0.25) is 4.79 Å². The fourth-order valence-corrected chi connectivity index (χ4v) is 2.26. The molecule has 0 radical (unpaired) electrons. The first-order valence-electron chi connectivity index (χ1n) is 5.74. The number of anilines is 1. The Morgan fingerprint density at radius 3 is 2.76 bits per heavy atom. The maximum Gasteiger partial charge on any atom is 0.238 e. The Morgan fingerprint density at radius 1 is 1.47 bits per heavy atom. The van der Waals surface area contributed by atoms with E-state index in [0.29, 0.717) is 5.25 Å². The van der Waals surface area contributed by atoms with E-state index in [-0.39, 0.29) is 12.5 Å². The summed E-state index contributed by atoms with van der Waals surface area (Å²) in [5, 5.41) is 3.42. The van der Waals surface area contributed by atoms with E-state index in [4.69, 9.17) is 5.73 Å². The Bertz CT molecular complexity index is 391. The number of hydrogen-bond donors (Lipinski definition) is 2. The minimum absolute atomic E-state index is 0.0183. The molecule has 0 aromatic heterocycles. The van der Waals surface area contributed by atoms with Crippen LogP contribution in [0.25, 0.3) is 0 Å². The van der Waals surface area contributed by atoms with Crippen LogP contribution in [0.1, 0.15) is 25.0 Å². The van der Waals surface area contributed by atoms with Crippen LogP contribution in [0, 0.1) is 6.92 Å². The van der Waals surface area contributed by atoms with Gasteiger partial charge in [0.25, 0.3) is 0 Å². The molecule has 17 heavy (non-hydrogen) atoms. The fourth-order valence-electron chi connectivity index (χ4n) is 1.43. The molecule has 0 bridgehead atoms. The van der Waals surface area contributed by atoms with Crippen molar-refractivity contribution in [2.75, 3.05) is 11.9 Å². The standard InChI is InChI=1S/C13H20N2OS/c1-9(2)17-8-11-5-4-6-12(10(11)3)15-13(16)7-14/h4-6,9H,7-8,14H2,1-3H3,(H,15,16). The van der Waals surface area contributed by atoms with E-state index in [0.717, 1.165) is 17.0 Å². The van der Waals surface area contributed by atoms with Crippen LogP contribution in [-0.2, 0) is 10.5 Å². The van der Waals surface area contributed by atoms with Gasteiger partial charge in [-0.15, -0.1) is 0 Å². The Kier molecular flexibility index (Phi) is 5.51. The summed E-state index contributed by atoms with van der Waals surface area (Å²) in [4.78, 5) is 11.3. The number of amides is 1. The van der Waals surface area contributed by atoms with E-state index in [1.165, 1.54) is 5.56 Å². The van der Waals surface area contributed by atoms with Crippen molar-refractivity contribution in [3.05, 3.63) is 29.3 Å². The minimum Gasteiger partial charge on any atom is -0.325 e. The smallest absolute Gasteiger partial charge is 0.238 e. The third-order valence-corrected chi connectivity index (χ3v) is 3.62. The van der Waals surface area contributed by atoms with Gasteiger partial charge in [-0.2, -0.15) is 11.8 Å². The maximum absolute atomic E-state index is 11.3. The third-order valence-electron chi connectivity index (χ3n) is 2.48. The Morgan fingerprint density at radius 2 is 2.18 bits per heavy atom. The molecule has 94 valence electrons. The van der Waals surface area contributed by atoms with Crippen molar-refractivity contribution >= 4 is 23.4 Å². The molecule has 0 heterocycles. The highest BCUT2D eigenvalue weighted by atomic mass is 32.2. The van der Waals surface area contributed by atoms with Gasteiger partial charge in [0.05, 0.1) is 6.54 Å². The van der Waals surface area contributed by atoms with Gasteiger partial charge in [0.1, 0.15) is 0 Å². The molecular weight excluding hydrogens is 232 g/mol. The number of hydrogen-bond acceptors (Lipinski definition) is 3. The predicted molar refractivity (Wildman–Crippen MR) is 75.3 cm³/mol. The predicted octanol–water partition coefficient (Wildman–Crippen LogP) is 2.53. The molecule has 1 aromatic carbocycles. The zero-order valence-corrected chi connectivity index (χ0v) is 11.4. The maximum atomic E-state index is 11.3. The molecule has 0 aliphatic heterocycles. The zero-order chi connectivity index (χ0) is 12.8. The largest absolute Gasteiger partial charge is 0.325 e. The van der Waals surface area contributed by atoms with E-state index in [9.17, 15) is 4.79 Å². The van der Waals surface area contributed by atoms with Crippen molar-refractivity contribution in [1.29, 1.82) is 0 Å². The van der Waals surface area contributed by atoms with Crippen LogP contribution >= 0.6 is 11.8 Å². The first-order valence-corrected chi connectivity index (χ1v) is 6.79. The highest BCUT2D eigenvalue weighted by Crippen LogP contribution is 2.24. The molecule has 4 heteroatoms. The molecule has 1 amide bonds. The number of carbonyl (C=O) groups is 1. The van der Waals surface area contributed by atoms with Gasteiger partial charge in [0.2, 0.25) is 5.91 Å². The topological polar surface area (TPSA) is 55.1 Å². The van der Waals surface area contributed by atoms with Crippen LogP contribution in [0.5, 0.6) is 0 Å². The fraction of sp³-hybridized carbons (Fsp3) is 0.462. The summed E-state index contributed by atoms with van der Waals surface area (Å²) in [6, 6.07) is 5.98. The SMILES string of the molecule is Cc1c(CSC(C)C)cccc1NC(=O)CN. The molecule has 3 N–H and O–H groups in total. The first-order chi connectivity index (χ1) is 8.04. The van der Waals surface area contributed by atoms with Gasteiger partial charge < -0.3 is 11.1 Å². The second-order valence-electron chi connectivity index (χ2n) is 4.20. The van der Waals surface area contributed by atoms with Crippen molar-refractivity contribution in [1.82, 2.24) is 0 Å². The molecule has 1 rings (SSSR count). The molecule has 0 atom stereocenters. The van der Waals surface area contributed by atoms with Gasteiger partial charge in [0.15, 0.2) is 0 Å². The van der Waals surface area contributed by atoms with Gasteiger partial charge in [0, 0.05) is 11.4 Å². The highest BCUT2D eigenvalue weighted by molar-refractivity contribution is 7.99. The van der Waals surface area contributed by atoms with Crippen LogP contribution in [0.2, 0.25) is 0 Å². The Balaban J connectivity index is 2.79. The lowest BCUT2D eigenvalue weighted by Gasteiger charge is -2.12. The molecule has 1 aromatic rings. The summed E-state index contributed by atoms with van der Waals surface area (Å²) in [6.07, 6.45) is 0. The summed E-state index contributed by atoms with van der Waals surface area (Å²) in [7, 11) is 0. The van der Waals surface area contributed by atoms with Gasteiger partial charge >= 0.3 is 0 Å². The quantitative estimate of drug-likeness (QED) is 0.846. The second-order valence-corrected chi connectivity index (χ2v) is 5.77. The number of rotatable bonds is 5. The molecule has 0 aliphatic rings. The number of nitrogens with two attached hydrogens (primary N) is 1. The van der Waals surface area contributed by atoms with Crippen LogP contribution in [0.3, 0.4) is 0 Å². The van der Waals surface area contributed by atoms with Gasteiger partial charge in [-0.1, -0.05) is 26.0 Å². The van der Waals surface area contributed by atoms with E-state index in [1.807, 2.05) is 30.8 Å². The van der Waals surface area contributed by atoms with Crippen molar-refractivity contribution in [3.63, 3.8) is 0 Å². The van der Waals surface area contributed by atoms with Crippen molar-refractivity contribution in [3.8, 4) is 0 Å². The van der Waals surface area contributed by atoms with E-state index in [2.05, 4.69) is 25.2 Å². The first kappa shape index (κ1) is 14.1. The molecule has 0 aliphatic carbocycles. The van der Waals surface area contributed by atoms with E-state index >= 15 is 0 Å². The summed E-state index contributed by atoms with van der Waals surface area (Å²) in [5.74, 6) is 0.817. The zero-order valence-electron chi connectivity index (χ0n) is 10.6. The third kappa shape index (κ3) is 4.40. The lowest BCUT2D eigenvalue weighted by atomic mass is 10.1. The number of thioether (sulfide) groups is 1. The average molecular weight is 252 g/mol. The van der Waals surface area contributed by atoms with E-state index in [1.54, 1.807) is 0 Å². The van der Waals surface area contributed by atoms with Crippen molar-refractivity contribution in [2.24, 2.45) is 5.73 Å². The molecule has 3 nitrogen and oxygen atoms in total. The molecule has 0 saturated heterocycles. The van der Waals surface area contributed by atoms with Crippen molar-refractivity contribution < 1.29 is 4.79 Å². The molecular formula is C13H20N2OS. The minimum atomic E-state index is -0.151. The average Bonchev–Trinajstić information content (AvgIpc) is 2.30. The van der Waals surface area contributed by atoms with Gasteiger partial charge in [-0.25, -0.2) is 0 Å². The Hall–Kier alpha value is -1.00. The van der Waals surface area contributed by atoms with Crippen molar-refractivity contribution in [2.45, 2.75) is 31.8 Å². The van der Waals surface area contributed by atoms with E-state index < -0.39 is 0 Å². The normalized spacial score (nSPS) is 10.6. The summed E-state index contributed by atoms with van der Waals surface area (Å²) in [6.45, 7) is 6.41. The highest BCUT2D eigenvalue weighted by Gasteiger charge is 2.07. The van der Waals surface area contributed by atoms with Crippen LogP contribution < -0.4 is 11.1 Å². The molecule has 0 spiro atoms. The molecule has 0 fully saturated rings. The van der Waals surface area contributed by atoms with Crippen LogP contribution in [0.15, 0.2) is 18.2 Å². The summed E-state index contributed by atoms with van der Waals surface area (Å²) < 4.78 is 0. The summed E-state index contributed by atoms with van der Waals surface area (Å²) >= 11 is 1.89. The number of benzene rings is 1. The number of carbonyl (C=O) groups excluding carboxylic acids is 1.